The monoisotopic (exact) mass is 378 g/mol. The van der Waals surface area contributed by atoms with E-state index < -0.39 is 18.7 Å². The number of alkyl halides is 3. The van der Waals surface area contributed by atoms with Crippen LogP contribution in [-0.2, 0) is 6.54 Å². The summed E-state index contributed by atoms with van der Waals surface area (Å²) in [5, 5.41) is 3.20. The Bertz CT molecular complexity index is 739. The van der Waals surface area contributed by atoms with Gasteiger partial charge < -0.3 is 10.1 Å². The van der Waals surface area contributed by atoms with Gasteiger partial charge in [-0.15, -0.1) is 0 Å². The summed E-state index contributed by atoms with van der Waals surface area (Å²) in [6, 6.07) is 7.30. The van der Waals surface area contributed by atoms with Gasteiger partial charge in [-0.1, -0.05) is 23.2 Å². The first-order valence-electron chi connectivity index (χ1n) is 6.62. The molecule has 9 heteroatoms. The Kier molecular flexibility index (Phi) is 5.90. The summed E-state index contributed by atoms with van der Waals surface area (Å²) < 4.78 is 40.9. The number of nitrogens with one attached hydrogen (secondary N) is 1. The van der Waals surface area contributed by atoms with Crippen LogP contribution in [0.5, 0.6) is 5.88 Å². The summed E-state index contributed by atoms with van der Waals surface area (Å²) in [6.07, 6.45) is -3.15. The van der Waals surface area contributed by atoms with Crippen LogP contribution >= 0.6 is 23.2 Å². The van der Waals surface area contributed by atoms with Crippen molar-refractivity contribution in [3.05, 3.63) is 57.7 Å². The Labute approximate surface area is 145 Å². The second kappa shape index (κ2) is 7.72. The summed E-state index contributed by atoms with van der Waals surface area (Å²) in [4.78, 5) is 15.7. The predicted molar refractivity (Wildman–Crippen MR) is 83.4 cm³/mol. The maximum Gasteiger partial charge on any atom is 0.422 e. The van der Waals surface area contributed by atoms with E-state index >= 15 is 0 Å². The lowest BCUT2D eigenvalue weighted by molar-refractivity contribution is -0.154. The Hall–Kier alpha value is -1.99. The van der Waals surface area contributed by atoms with Crippen LogP contribution in [0, 0.1) is 0 Å². The van der Waals surface area contributed by atoms with Crippen LogP contribution in [0.3, 0.4) is 0 Å². The van der Waals surface area contributed by atoms with Crippen LogP contribution < -0.4 is 10.1 Å². The number of nitrogens with zero attached hydrogens (tertiary/aromatic N) is 1. The van der Waals surface area contributed by atoms with Crippen molar-refractivity contribution >= 4 is 29.1 Å². The fraction of sp³-hybridized carbons (Fsp3) is 0.200. The van der Waals surface area contributed by atoms with Crippen LogP contribution in [0.4, 0.5) is 13.2 Å². The van der Waals surface area contributed by atoms with Gasteiger partial charge in [-0.3, -0.25) is 4.79 Å². The second-order valence-electron chi connectivity index (χ2n) is 4.71. The van der Waals surface area contributed by atoms with Crippen LogP contribution in [0.25, 0.3) is 0 Å². The molecule has 2 aromatic rings. The maximum absolute atomic E-state index is 12.1. The summed E-state index contributed by atoms with van der Waals surface area (Å²) in [7, 11) is 0. The van der Waals surface area contributed by atoms with Crippen molar-refractivity contribution in [3.63, 3.8) is 0 Å². The number of benzene rings is 1. The quantitative estimate of drug-likeness (QED) is 0.845. The van der Waals surface area contributed by atoms with Crippen molar-refractivity contribution in [2.24, 2.45) is 0 Å². The molecule has 0 fully saturated rings. The highest BCUT2D eigenvalue weighted by Crippen LogP contribution is 2.21. The van der Waals surface area contributed by atoms with Crippen LogP contribution in [0.1, 0.15) is 15.9 Å². The van der Waals surface area contributed by atoms with Gasteiger partial charge in [-0.25, -0.2) is 4.98 Å². The van der Waals surface area contributed by atoms with E-state index in [4.69, 9.17) is 23.2 Å². The van der Waals surface area contributed by atoms with E-state index in [0.29, 0.717) is 10.6 Å². The summed E-state index contributed by atoms with van der Waals surface area (Å²) in [6.45, 7) is -1.36. The van der Waals surface area contributed by atoms with E-state index in [-0.39, 0.29) is 23.0 Å². The molecular weight excluding hydrogens is 368 g/mol. The van der Waals surface area contributed by atoms with Gasteiger partial charge >= 0.3 is 6.18 Å². The van der Waals surface area contributed by atoms with E-state index in [0.717, 1.165) is 0 Å². The van der Waals surface area contributed by atoms with Gasteiger partial charge in [0.05, 0.1) is 10.6 Å². The highest BCUT2D eigenvalue weighted by molar-refractivity contribution is 6.36. The molecule has 0 atom stereocenters. The third kappa shape index (κ3) is 5.58. The van der Waals surface area contributed by atoms with Crippen LogP contribution in [-0.4, -0.2) is 23.7 Å². The number of carbonyl (C=O) groups is 1. The zero-order valence-corrected chi connectivity index (χ0v) is 13.5. The number of hydrogen-bond acceptors (Lipinski definition) is 3. The molecule has 0 aliphatic rings. The SMILES string of the molecule is O=C(NCc1ccnc(OCC(F)(F)F)c1)c1ccc(Cl)cc1Cl. The molecule has 0 unspecified atom stereocenters. The molecule has 1 aromatic heterocycles. The molecule has 0 spiro atoms. The number of rotatable bonds is 5. The van der Waals surface area contributed by atoms with Gasteiger partial charge in [0.1, 0.15) is 0 Å². The highest BCUT2D eigenvalue weighted by Gasteiger charge is 2.28. The van der Waals surface area contributed by atoms with Gasteiger partial charge in [0.2, 0.25) is 5.88 Å². The number of ether oxygens (including phenoxy) is 1. The molecule has 0 aliphatic heterocycles. The molecule has 0 aliphatic carbocycles. The van der Waals surface area contributed by atoms with Crippen LogP contribution in [0.2, 0.25) is 10.0 Å². The number of aromatic nitrogens is 1. The van der Waals surface area contributed by atoms with Gasteiger partial charge in [0, 0.05) is 23.8 Å². The minimum absolute atomic E-state index is 0.0721. The Balaban J connectivity index is 1.97. The van der Waals surface area contributed by atoms with Crippen molar-refractivity contribution < 1.29 is 22.7 Å². The van der Waals surface area contributed by atoms with E-state index in [1.807, 2.05) is 0 Å². The van der Waals surface area contributed by atoms with Crippen molar-refractivity contribution in [2.45, 2.75) is 12.7 Å². The van der Waals surface area contributed by atoms with E-state index in [2.05, 4.69) is 15.0 Å². The normalized spacial score (nSPS) is 11.2. The molecular formula is C15H11Cl2F3N2O2. The number of pyridine rings is 1. The van der Waals surface area contributed by atoms with Gasteiger partial charge in [-0.2, -0.15) is 13.2 Å². The number of hydrogen-bond donors (Lipinski definition) is 1. The first-order chi connectivity index (χ1) is 11.2. The van der Waals surface area contributed by atoms with Crippen molar-refractivity contribution in [1.82, 2.24) is 10.3 Å². The lowest BCUT2D eigenvalue weighted by atomic mass is 10.2. The Morgan fingerprint density at radius 3 is 2.62 bits per heavy atom. The fourth-order valence-corrected chi connectivity index (χ4v) is 2.24. The average molecular weight is 379 g/mol. The van der Waals surface area contributed by atoms with Gasteiger partial charge in [0.25, 0.3) is 5.91 Å². The van der Waals surface area contributed by atoms with E-state index in [9.17, 15) is 18.0 Å². The minimum Gasteiger partial charge on any atom is -0.468 e. The van der Waals surface area contributed by atoms with Crippen molar-refractivity contribution in [1.29, 1.82) is 0 Å². The number of amides is 1. The van der Waals surface area contributed by atoms with Crippen LogP contribution in [0.15, 0.2) is 36.5 Å². The van der Waals surface area contributed by atoms with Gasteiger partial charge in [-0.05, 0) is 29.8 Å². The minimum atomic E-state index is -4.45. The molecule has 128 valence electrons. The number of carbonyl (C=O) groups excluding carboxylic acids is 1. The fourth-order valence-electron chi connectivity index (χ4n) is 1.75. The lowest BCUT2D eigenvalue weighted by Crippen LogP contribution is -2.23. The molecule has 2 rings (SSSR count). The third-order valence-electron chi connectivity index (χ3n) is 2.81. The standard InChI is InChI=1S/C15H11Cl2F3N2O2/c16-10-1-2-11(12(17)6-10)14(23)22-7-9-3-4-21-13(5-9)24-8-15(18,19)20/h1-6H,7-8H2,(H,22,23). The molecule has 1 N–H and O–H groups in total. The largest absolute Gasteiger partial charge is 0.468 e. The Morgan fingerprint density at radius 2 is 1.96 bits per heavy atom. The predicted octanol–water partition coefficient (Wildman–Crippen LogP) is 4.26. The van der Waals surface area contributed by atoms with Gasteiger partial charge in [0.15, 0.2) is 6.61 Å². The van der Waals surface area contributed by atoms with E-state index in [1.54, 1.807) is 6.07 Å². The molecule has 0 saturated heterocycles. The smallest absolute Gasteiger partial charge is 0.422 e. The Morgan fingerprint density at radius 1 is 1.21 bits per heavy atom. The van der Waals surface area contributed by atoms with E-state index in [1.165, 1.54) is 30.5 Å². The lowest BCUT2D eigenvalue weighted by Gasteiger charge is -2.10. The first-order valence-corrected chi connectivity index (χ1v) is 7.38. The van der Waals surface area contributed by atoms with Crippen molar-refractivity contribution in [2.75, 3.05) is 6.61 Å². The molecule has 24 heavy (non-hydrogen) atoms. The molecule has 1 aromatic carbocycles. The molecule has 0 radical (unpaired) electrons. The topological polar surface area (TPSA) is 51.2 Å². The summed E-state index contributed by atoms with van der Waals surface area (Å²) in [5.41, 5.74) is 0.768. The third-order valence-corrected chi connectivity index (χ3v) is 3.36. The molecule has 0 bridgehead atoms. The number of halogens is 5. The molecule has 0 saturated carbocycles. The maximum atomic E-state index is 12.1. The molecule has 4 nitrogen and oxygen atoms in total. The average Bonchev–Trinajstić information content (AvgIpc) is 2.50. The summed E-state index contributed by atoms with van der Waals surface area (Å²) in [5.74, 6) is -0.616. The zero-order valence-electron chi connectivity index (χ0n) is 12.0. The molecule has 1 amide bonds. The van der Waals surface area contributed by atoms with Crippen molar-refractivity contribution in [3.8, 4) is 5.88 Å². The summed E-state index contributed by atoms with van der Waals surface area (Å²) >= 11 is 11.7. The second-order valence-corrected chi connectivity index (χ2v) is 5.56. The molecule has 1 heterocycles. The zero-order chi connectivity index (χ0) is 17.7. The highest BCUT2D eigenvalue weighted by atomic mass is 35.5. The first kappa shape index (κ1) is 18.4.